The van der Waals surface area contributed by atoms with Crippen LogP contribution in [0.3, 0.4) is 0 Å². The Kier molecular flexibility index (Phi) is 4.45. The summed E-state index contributed by atoms with van der Waals surface area (Å²) >= 11 is 0. The van der Waals surface area contributed by atoms with Crippen molar-refractivity contribution in [2.45, 2.75) is 37.9 Å². The molecule has 1 unspecified atom stereocenters. The Morgan fingerprint density at radius 1 is 1.50 bits per heavy atom. The van der Waals surface area contributed by atoms with Gasteiger partial charge in [0.25, 0.3) is 0 Å². The molecule has 0 spiro atoms. The van der Waals surface area contributed by atoms with Crippen LogP contribution in [-0.2, 0) is 16.0 Å². The average molecular weight is 274 g/mol. The summed E-state index contributed by atoms with van der Waals surface area (Å²) in [5.41, 5.74) is 7.02. The van der Waals surface area contributed by atoms with Gasteiger partial charge < -0.3 is 15.4 Å². The third kappa shape index (κ3) is 2.85. The lowest BCUT2D eigenvalue weighted by molar-refractivity contribution is -0.131. The molecule has 1 aliphatic rings. The number of carbonyl (C=O) groups excluding carboxylic acids is 1. The van der Waals surface area contributed by atoms with Crippen molar-refractivity contribution in [2.24, 2.45) is 5.73 Å². The van der Waals surface area contributed by atoms with E-state index in [0.717, 1.165) is 5.56 Å². The van der Waals surface area contributed by atoms with Crippen molar-refractivity contribution in [3.8, 4) is 0 Å². The second-order valence-electron chi connectivity index (χ2n) is 5.31. The van der Waals surface area contributed by atoms with Crippen molar-refractivity contribution in [1.82, 2.24) is 4.90 Å². The smallest absolute Gasteiger partial charge is 0.240 e. The molecule has 1 aromatic rings. The molecular weight excluding hydrogens is 252 g/mol. The molecule has 0 saturated carbocycles. The Morgan fingerprint density at radius 3 is 2.65 bits per heavy atom. The molecule has 1 amide bonds. The highest BCUT2D eigenvalue weighted by atomic mass is 16.5. The van der Waals surface area contributed by atoms with Crippen molar-refractivity contribution in [2.75, 3.05) is 7.11 Å². The number of methoxy groups -OCH3 is 1. The van der Waals surface area contributed by atoms with Gasteiger partial charge in [-0.3, -0.25) is 4.79 Å². The predicted molar refractivity (Wildman–Crippen MR) is 79.0 cm³/mol. The summed E-state index contributed by atoms with van der Waals surface area (Å²) in [4.78, 5) is 14.1. The van der Waals surface area contributed by atoms with E-state index in [9.17, 15) is 4.79 Å². The standard InChI is InChI=1S/C16H22N2O2/c1-11-9-14(17)16(19)18(11)15(12(2)20-3)10-13-7-5-4-6-8-13/h4-8,11,14-15H,2,9-10,17H2,1,3H3/t11?,14-,15-/m0/s1. The van der Waals surface area contributed by atoms with E-state index in [4.69, 9.17) is 10.5 Å². The van der Waals surface area contributed by atoms with Gasteiger partial charge in [0.05, 0.1) is 19.2 Å². The maximum Gasteiger partial charge on any atom is 0.240 e. The van der Waals surface area contributed by atoms with Gasteiger partial charge in [-0.15, -0.1) is 0 Å². The molecule has 0 bridgehead atoms. The number of nitrogens with two attached hydrogens (primary N) is 1. The second-order valence-corrected chi connectivity index (χ2v) is 5.31. The quantitative estimate of drug-likeness (QED) is 0.832. The maximum absolute atomic E-state index is 12.3. The van der Waals surface area contributed by atoms with Crippen LogP contribution in [-0.4, -0.2) is 36.0 Å². The summed E-state index contributed by atoms with van der Waals surface area (Å²) in [6.07, 6.45) is 1.37. The Balaban J connectivity index is 2.24. The maximum atomic E-state index is 12.3. The first-order valence-electron chi connectivity index (χ1n) is 6.89. The third-order valence-electron chi connectivity index (χ3n) is 3.88. The van der Waals surface area contributed by atoms with Crippen LogP contribution in [0.25, 0.3) is 0 Å². The summed E-state index contributed by atoms with van der Waals surface area (Å²) in [5.74, 6) is 0.583. The summed E-state index contributed by atoms with van der Waals surface area (Å²) in [5, 5.41) is 0. The van der Waals surface area contributed by atoms with E-state index in [2.05, 4.69) is 6.58 Å². The lowest BCUT2D eigenvalue weighted by Gasteiger charge is -2.32. The lowest BCUT2D eigenvalue weighted by atomic mass is 10.0. The molecule has 1 aliphatic heterocycles. The zero-order valence-electron chi connectivity index (χ0n) is 12.1. The van der Waals surface area contributed by atoms with Gasteiger partial charge in [0.15, 0.2) is 0 Å². The van der Waals surface area contributed by atoms with Gasteiger partial charge in [-0.2, -0.15) is 0 Å². The number of carbonyl (C=O) groups is 1. The fourth-order valence-electron chi connectivity index (χ4n) is 2.79. The van der Waals surface area contributed by atoms with Gasteiger partial charge in [0.2, 0.25) is 5.91 Å². The molecule has 1 saturated heterocycles. The minimum Gasteiger partial charge on any atom is -0.500 e. The molecule has 2 N–H and O–H groups in total. The van der Waals surface area contributed by atoms with Crippen LogP contribution in [0.15, 0.2) is 42.7 Å². The highest BCUT2D eigenvalue weighted by Crippen LogP contribution is 2.26. The first kappa shape index (κ1) is 14.6. The van der Waals surface area contributed by atoms with Gasteiger partial charge in [0.1, 0.15) is 5.76 Å². The van der Waals surface area contributed by atoms with E-state index >= 15 is 0 Å². The van der Waals surface area contributed by atoms with E-state index in [1.165, 1.54) is 0 Å². The summed E-state index contributed by atoms with van der Waals surface area (Å²) in [7, 11) is 1.59. The third-order valence-corrected chi connectivity index (χ3v) is 3.88. The first-order valence-corrected chi connectivity index (χ1v) is 6.89. The average Bonchev–Trinajstić information content (AvgIpc) is 2.70. The van der Waals surface area contributed by atoms with Crippen LogP contribution in [0.5, 0.6) is 0 Å². The number of rotatable bonds is 5. The normalized spacial score (nSPS) is 23.8. The van der Waals surface area contributed by atoms with Gasteiger partial charge in [-0.05, 0) is 18.9 Å². The number of hydrogen-bond donors (Lipinski definition) is 1. The monoisotopic (exact) mass is 274 g/mol. The molecule has 0 radical (unpaired) electrons. The Morgan fingerprint density at radius 2 is 2.15 bits per heavy atom. The number of likely N-dealkylation sites (tertiary alicyclic amines) is 1. The van der Waals surface area contributed by atoms with Gasteiger partial charge in [-0.1, -0.05) is 36.9 Å². The predicted octanol–water partition coefficient (Wildman–Crippen LogP) is 1.71. The molecule has 4 heteroatoms. The van der Waals surface area contributed by atoms with Crippen LogP contribution in [0.4, 0.5) is 0 Å². The van der Waals surface area contributed by atoms with Crippen LogP contribution in [0, 0.1) is 0 Å². The molecule has 4 nitrogen and oxygen atoms in total. The zero-order valence-corrected chi connectivity index (χ0v) is 12.1. The number of benzene rings is 1. The number of nitrogens with zero attached hydrogens (tertiary/aromatic N) is 1. The molecule has 0 aromatic heterocycles. The molecule has 20 heavy (non-hydrogen) atoms. The van der Waals surface area contributed by atoms with Crippen LogP contribution in [0.1, 0.15) is 18.9 Å². The van der Waals surface area contributed by atoms with Gasteiger partial charge >= 0.3 is 0 Å². The zero-order chi connectivity index (χ0) is 14.7. The molecule has 1 aromatic carbocycles. The SMILES string of the molecule is C=C(OC)[C@H](Cc1ccccc1)N1C(=O)[C@@H](N)CC1C. The molecule has 1 heterocycles. The largest absolute Gasteiger partial charge is 0.500 e. The molecule has 0 aliphatic carbocycles. The van der Waals surface area contributed by atoms with E-state index in [1.54, 1.807) is 7.11 Å². The second kappa shape index (κ2) is 6.09. The lowest BCUT2D eigenvalue weighted by Crippen LogP contribution is -2.45. The molecule has 2 rings (SSSR count). The Bertz CT molecular complexity index is 487. The summed E-state index contributed by atoms with van der Waals surface area (Å²) in [6, 6.07) is 9.57. The number of hydrogen-bond acceptors (Lipinski definition) is 3. The number of ether oxygens (including phenoxy) is 1. The summed E-state index contributed by atoms with van der Waals surface area (Å²) in [6.45, 7) is 5.97. The minimum atomic E-state index is -0.409. The van der Waals surface area contributed by atoms with Crippen LogP contribution >= 0.6 is 0 Å². The molecule has 108 valence electrons. The van der Waals surface area contributed by atoms with Crippen LogP contribution < -0.4 is 5.73 Å². The minimum absolute atomic E-state index is 0.0170. The Hall–Kier alpha value is -1.81. The van der Waals surface area contributed by atoms with E-state index in [0.29, 0.717) is 18.6 Å². The highest BCUT2D eigenvalue weighted by molar-refractivity contribution is 5.84. The van der Waals surface area contributed by atoms with Crippen molar-refractivity contribution in [3.63, 3.8) is 0 Å². The topological polar surface area (TPSA) is 55.6 Å². The van der Waals surface area contributed by atoms with Gasteiger partial charge in [-0.25, -0.2) is 0 Å². The number of amides is 1. The van der Waals surface area contributed by atoms with Crippen molar-refractivity contribution in [3.05, 3.63) is 48.2 Å². The molecule has 1 fully saturated rings. The highest BCUT2D eigenvalue weighted by Gasteiger charge is 2.40. The van der Waals surface area contributed by atoms with Crippen molar-refractivity contribution < 1.29 is 9.53 Å². The van der Waals surface area contributed by atoms with E-state index in [-0.39, 0.29) is 18.0 Å². The van der Waals surface area contributed by atoms with E-state index in [1.807, 2.05) is 42.2 Å². The molecular formula is C16H22N2O2. The molecule has 3 atom stereocenters. The fraction of sp³-hybridized carbons (Fsp3) is 0.438. The Labute approximate surface area is 120 Å². The van der Waals surface area contributed by atoms with Crippen LogP contribution in [0.2, 0.25) is 0 Å². The first-order chi connectivity index (χ1) is 9.54. The van der Waals surface area contributed by atoms with E-state index < -0.39 is 6.04 Å². The van der Waals surface area contributed by atoms with Crippen molar-refractivity contribution >= 4 is 5.91 Å². The van der Waals surface area contributed by atoms with Gasteiger partial charge in [0, 0.05) is 12.5 Å². The van der Waals surface area contributed by atoms with Crippen molar-refractivity contribution in [1.29, 1.82) is 0 Å². The summed E-state index contributed by atoms with van der Waals surface area (Å²) < 4.78 is 5.30. The fourth-order valence-corrected chi connectivity index (χ4v) is 2.79.